The number of carbonyl (C=O) groups excluding carboxylic acids is 1. The fraction of sp³-hybridized carbons (Fsp3) is 0.292. The second kappa shape index (κ2) is 10.1. The standard InChI is InChI=1S/C24H19BrF5N3O3/c1-13-9-15(25)5-6-18(13)23(26,27)12-31-21(34)20-17-11-35-8-7-19(17)32-33-22(20)36-16-4-2-3-14(10-16)24(28,29)30/h2-6,9-10H,7-8,11-12H2,1H3,(H,31,34). The first-order valence-corrected chi connectivity index (χ1v) is 11.5. The number of nitrogens with zero attached hydrogens (tertiary/aromatic N) is 2. The second-order valence-electron chi connectivity index (χ2n) is 8.08. The van der Waals surface area contributed by atoms with Gasteiger partial charge in [0.2, 0.25) is 0 Å². The van der Waals surface area contributed by atoms with Gasteiger partial charge < -0.3 is 14.8 Å². The van der Waals surface area contributed by atoms with Gasteiger partial charge in [0.05, 0.1) is 31.0 Å². The number of hydrogen-bond donors (Lipinski definition) is 1. The molecule has 3 aromatic rings. The average Bonchev–Trinajstić information content (AvgIpc) is 2.82. The lowest BCUT2D eigenvalue weighted by Gasteiger charge is -2.22. The third-order valence-corrected chi connectivity index (χ3v) is 6.00. The third kappa shape index (κ3) is 5.65. The van der Waals surface area contributed by atoms with E-state index in [-0.39, 0.29) is 29.0 Å². The first-order valence-electron chi connectivity index (χ1n) is 10.7. The number of rotatable bonds is 6. The monoisotopic (exact) mass is 571 g/mol. The number of ether oxygens (including phenoxy) is 2. The van der Waals surface area contributed by atoms with Crippen LogP contribution in [0, 0.1) is 6.92 Å². The molecule has 1 N–H and O–H groups in total. The number of benzene rings is 2. The summed E-state index contributed by atoms with van der Waals surface area (Å²) in [6, 6.07) is 8.25. The molecule has 0 saturated carbocycles. The Morgan fingerprint density at radius 1 is 1.14 bits per heavy atom. The van der Waals surface area contributed by atoms with E-state index in [1.54, 1.807) is 0 Å². The number of carbonyl (C=O) groups is 1. The number of fused-ring (bicyclic) bond motifs is 1. The number of aryl methyl sites for hydroxylation is 1. The van der Waals surface area contributed by atoms with Crippen molar-refractivity contribution in [3.63, 3.8) is 0 Å². The zero-order valence-electron chi connectivity index (χ0n) is 18.8. The van der Waals surface area contributed by atoms with Gasteiger partial charge in [-0.25, -0.2) is 0 Å². The molecule has 36 heavy (non-hydrogen) atoms. The van der Waals surface area contributed by atoms with Crippen molar-refractivity contribution in [3.8, 4) is 11.6 Å². The average molecular weight is 572 g/mol. The van der Waals surface area contributed by atoms with Crippen molar-refractivity contribution < 1.29 is 36.2 Å². The predicted molar refractivity (Wildman–Crippen MR) is 122 cm³/mol. The second-order valence-corrected chi connectivity index (χ2v) is 9.00. The van der Waals surface area contributed by atoms with Gasteiger partial charge in [-0.15, -0.1) is 5.10 Å². The number of aromatic nitrogens is 2. The summed E-state index contributed by atoms with van der Waals surface area (Å²) >= 11 is 3.23. The van der Waals surface area contributed by atoms with Crippen LogP contribution in [0.1, 0.15) is 38.3 Å². The first-order chi connectivity index (χ1) is 17.0. The molecule has 0 fully saturated rings. The van der Waals surface area contributed by atoms with Crippen LogP contribution >= 0.6 is 15.9 Å². The molecule has 12 heteroatoms. The number of amides is 1. The van der Waals surface area contributed by atoms with Crippen LogP contribution in [-0.2, 0) is 29.9 Å². The van der Waals surface area contributed by atoms with Crippen LogP contribution in [-0.4, -0.2) is 29.3 Å². The van der Waals surface area contributed by atoms with Gasteiger partial charge in [0.1, 0.15) is 11.3 Å². The van der Waals surface area contributed by atoms with Crippen LogP contribution in [0.25, 0.3) is 0 Å². The van der Waals surface area contributed by atoms with Crippen LogP contribution in [0.4, 0.5) is 22.0 Å². The highest BCUT2D eigenvalue weighted by atomic mass is 79.9. The highest BCUT2D eigenvalue weighted by Gasteiger charge is 2.35. The maximum atomic E-state index is 14.9. The van der Waals surface area contributed by atoms with Crippen molar-refractivity contribution in [2.45, 2.75) is 32.1 Å². The number of hydrogen-bond acceptors (Lipinski definition) is 5. The molecule has 0 aliphatic carbocycles. The van der Waals surface area contributed by atoms with Crippen molar-refractivity contribution in [1.29, 1.82) is 0 Å². The van der Waals surface area contributed by atoms with Gasteiger partial charge >= 0.3 is 6.18 Å². The third-order valence-electron chi connectivity index (χ3n) is 5.51. The minimum atomic E-state index is -4.62. The summed E-state index contributed by atoms with van der Waals surface area (Å²) in [6.07, 6.45) is -4.30. The predicted octanol–water partition coefficient (Wildman–Crippen LogP) is 5.95. The molecule has 2 aromatic carbocycles. The summed E-state index contributed by atoms with van der Waals surface area (Å²) in [6.45, 7) is 0.749. The van der Waals surface area contributed by atoms with Crippen molar-refractivity contribution in [2.75, 3.05) is 13.2 Å². The number of nitrogens with one attached hydrogen (secondary N) is 1. The van der Waals surface area contributed by atoms with E-state index in [0.717, 1.165) is 18.2 Å². The molecule has 190 valence electrons. The summed E-state index contributed by atoms with van der Waals surface area (Å²) < 4.78 is 80.7. The minimum Gasteiger partial charge on any atom is -0.437 e. The molecule has 0 bridgehead atoms. The van der Waals surface area contributed by atoms with Crippen molar-refractivity contribution in [1.82, 2.24) is 15.5 Å². The molecule has 4 rings (SSSR count). The Labute approximate surface area is 211 Å². The van der Waals surface area contributed by atoms with Gasteiger partial charge in [-0.3, -0.25) is 4.79 Å². The fourth-order valence-electron chi connectivity index (χ4n) is 3.75. The number of alkyl halides is 5. The largest absolute Gasteiger partial charge is 0.437 e. The summed E-state index contributed by atoms with van der Waals surface area (Å²) in [7, 11) is 0. The topological polar surface area (TPSA) is 73.3 Å². The molecule has 0 unspecified atom stereocenters. The van der Waals surface area contributed by atoms with Gasteiger partial charge in [0.15, 0.2) is 0 Å². The molecular formula is C24H19BrF5N3O3. The fourth-order valence-corrected chi connectivity index (χ4v) is 4.23. The Morgan fingerprint density at radius 3 is 2.64 bits per heavy atom. The van der Waals surface area contributed by atoms with Gasteiger partial charge in [-0.2, -0.15) is 27.1 Å². The smallest absolute Gasteiger partial charge is 0.416 e. The molecule has 0 atom stereocenters. The van der Waals surface area contributed by atoms with Crippen LogP contribution in [0.5, 0.6) is 11.6 Å². The van der Waals surface area contributed by atoms with Crippen LogP contribution in [0.2, 0.25) is 0 Å². The summed E-state index contributed by atoms with van der Waals surface area (Å²) in [4.78, 5) is 13.1. The zero-order valence-corrected chi connectivity index (χ0v) is 20.3. The first kappa shape index (κ1) is 26.0. The Balaban J connectivity index is 1.64. The summed E-state index contributed by atoms with van der Waals surface area (Å²) in [5, 5.41) is 10.1. The van der Waals surface area contributed by atoms with Crippen molar-refractivity contribution >= 4 is 21.8 Å². The lowest BCUT2D eigenvalue weighted by Crippen LogP contribution is -2.36. The quantitative estimate of drug-likeness (QED) is 0.370. The van der Waals surface area contributed by atoms with E-state index in [0.29, 0.717) is 28.8 Å². The molecule has 0 saturated heterocycles. The molecule has 1 aliphatic rings. The SMILES string of the molecule is Cc1cc(Br)ccc1C(F)(F)CNC(=O)c1c(Oc2cccc(C(F)(F)F)c2)nnc2c1COCC2. The summed E-state index contributed by atoms with van der Waals surface area (Å²) in [5.41, 5.74) is -0.430. The minimum absolute atomic E-state index is 0.0607. The molecule has 2 heterocycles. The maximum absolute atomic E-state index is 14.9. The van der Waals surface area contributed by atoms with Crippen LogP contribution < -0.4 is 10.1 Å². The molecule has 0 radical (unpaired) electrons. The Kier molecular flexibility index (Phi) is 7.28. The van der Waals surface area contributed by atoms with Crippen LogP contribution in [0.3, 0.4) is 0 Å². The van der Waals surface area contributed by atoms with E-state index in [1.165, 1.54) is 31.2 Å². The van der Waals surface area contributed by atoms with Crippen LogP contribution in [0.15, 0.2) is 46.9 Å². The van der Waals surface area contributed by atoms with E-state index in [1.807, 2.05) is 0 Å². The van der Waals surface area contributed by atoms with Gasteiger partial charge in [-0.05, 0) is 42.8 Å². The molecule has 0 spiro atoms. The van der Waals surface area contributed by atoms with E-state index in [9.17, 15) is 26.7 Å². The molecule has 6 nitrogen and oxygen atoms in total. The van der Waals surface area contributed by atoms with E-state index in [4.69, 9.17) is 9.47 Å². The lowest BCUT2D eigenvalue weighted by atomic mass is 10.0. The highest BCUT2D eigenvalue weighted by Crippen LogP contribution is 2.35. The van der Waals surface area contributed by atoms with E-state index in [2.05, 4.69) is 31.4 Å². The molecule has 1 aromatic heterocycles. The van der Waals surface area contributed by atoms with Crippen molar-refractivity contribution in [3.05, 3.63) is 80.4 Å². The Bertz CT molecular complexity index is 1300. The molecular weight excluding hydrogens is 553 g/mol. The highest BCUT2D eigenvalue weighted by molar-refractivity contribution is 9.10. The van der Waals surface area contributed by atoms with Gasteiger partial charge in [-0.1, -0.05) is 28.1 Å². The normalized spacial score (nSPS) is 13.8. The lowest BCUT2D eigenvalue weighted by molar-refractivity contribution is -0.137. The Hall–Kier alpha value is -3.12. The van der Waals surface area contributed by atoms with Gasteiger partial charge in [0, 0.05) is 22.0 Å². The molecule has 1 aliphatic heterocycles. The van der Waals surface area contributed by atoms with E-state index >= 15 is 0 Å². The Morgan fingerprint density at radius 2 is 1.92 bits per heavy atom. The molecule has 1 amide bonds. The maximum Gasteiger partial charge on any atom is 0.416 e. The summed E-state index contributed by atoms with van der Waals surface area (Å²) in [5.74, 6) is -5.01. The van der Waals surface area contributed by atoms with Crippen molar-refractivity contribution in [2.24, 2.45) is 0 Å². The van der Waals surface area contributed by atoms with Gasteiger partial charge in [0.25, 0.3) is 17.7 Å². The number of halogens is 6. The van der Waals surface area contributed by atoms with E-state index < -0.39 is 36.0 Å². The zero-order chi connectivity index (χ0) is 26.1.